The molecule has 1 saturated carbocycles. The summed E-state index contributed by atoms with van der Waals surface area (Å²) in [7, 11) is 3.22. The van der Waals surface area contributed by atoms with Crippen LogP contribution in [-0.4, -0.2) is 69.0 Å². The van der Waals surface area contributed by atoms with Crippen LogP contribution in [0.5, 0.6) is 5.75 Å². The molecule has 8 heteroatoms. The largest absolute Gasteiger partial charge is 0.496 e. The second-order valence-electron chi connectivity index (χ2n) is 8.33. The van der Waals surface area contributed by atoms with Crippen molar-refractivity contribution in [2.75, 3.05) is 40.4 Å². The Morgan fingerprint density at radius 2 is 2.03 bits per heavy atom. The van der Waals surface area contributed by atoms with Crippen molar-refractivity contribution in [3.8, 4) is 5.75 Å². The number of nitrogens with zero attached hydrogens (tertiary/aromatic N) is 1. The zero-order valence-corrected chi connectivity index (χ0v) is 18.3. The molecule has 1 aliphatic carbocycles. The standard InChI is InChI=1S/C14H18FNO.C6H14N2O2.C2H4O/c1-17-13-4-2-3-12(15)11(13)5-10-6-14(7-10)8-16-9-14;1-10-8-3-2-6(9)5(7)4-8;1-2-3/h2-4,10,16H,5-9H2,1H3;5-6,9H,2-4,7H2,1H3;2H,1H3/t;5-,6+;/m.1./s1. The fourth-order valence-corrected chi connectivity index (χ4v) is 4.40. The molecule has 1 aromatic rings. The predicted octanol–water partition coefficient (Wildman–Crippen LogP) is 1.52. The van der Waals surface area contributed by atoms with Crippen LogP contribution >= 0.6 is 0 Å². The van der Waals surface area contributed by atoms with E-state index in [0.717, 1.165) is 37.9 Å². The van der Waals surface area contributed by atoms with E-state index in [1.54, 1.807) is 25.3 Å². The number of carbonyl (C=O) groups is 1. The van der Waals surface area contributed by atoms with Crippen molar-refractivity contribution in [2.24, 2.45) is 17.1 Å². The molecule has 7 nitrogen and oxygen atoms in total. The molecule has 0 aromatic heterocycles. The van der Waals surface area contributed by atoms with Gasteiger partial charge in [0.2, 0.25) is 0 Å². The van der Waals surface area contributed by atoms with Gasteiger partial charge < -0.3 is 30.5 Å². The highest BCUT2D eigenvalue weighted by Crippen LogP contribution is 2.50. The van der Waals surface area contributed by atoms with Crippen LogP contribution < -0.4 is 15.8 Å². The molecule has 0 amide bonds. The van der Waals surface area contributed by atoms with Crippen LogP contribution in [0.3, 0.4) is 0 Å². The molecule has 2 heterocycles. The number of methoxy groups -OCH3 is 1. The lowest BCUT2D eigenvalue weighted by molar-refractivity contribution is -0.159. The van der Waals surface area contributed by atoms with E-state index in [1.807, 2.05) is 6.07 Å². The smallest absolute Gasteiger partial charge is 0.130 e. The number of hydrogen-bond acceptors (Lipinski definition) is 7. The van der Waals surface area contributed by atoms with Crippen molar-refractivity contribution >= 4 is 6.29 Å². The number of nitrogens with two attached hydrogens (primary N) is 1. The van der Waals surface area contributed by atoms with Crippen LogP contribution in [0.15, 0.2) is 18.2 Å². The number of rotatable bonds is 4. The van der Waals surface area contributed by atoms with Crippen LogP contribution in [0.4, 0.5) is 4.39 Å². The summed E-state index contributed by atoms with van der Waals surface area (Å²) in [5, 5.41) is 14.3. The summed E-state index contributed by atoms with van der Waals surface area (Å²) in [6.07, 6.45) is 4.38. The summed E-state index contributed by atoms with van der Waals surface area (Å²) in [6.45, 7) is 5.14. The van der Waals surface area contributed by atoms with Gasteiger partial charge in [-0.3, -0.25) is 0 Å². The maximum atomic E-state index is 13.8. The molecule has 3 aliphatic rings. The fourth-order valence-electron chi connectivity index (χ4n) is 4.40. The normalized spacial score (nSPS) is 25.0. The first-order valence-corrected chi connectivity index (χ1v) is 10.5. The van der Waals surface area contributed by atoms with Crippen LogP contribution in [0.2, 0.25) is 0 Å². The number of carbonyl (C=O) groups excluding carboxylic acids is 1. The lowest BCUT2D eigenvalue weighted by Crippen LogP contribution is -2.60. The van der Waals surface area contributed by atoms with Gasteiger partial charge in [-0.25, -0.2) is 4.39 Å². The fraction of sp³-hybridized carbons (Fsp3) is 0.682. The second-order valence-corrected chi connectivity index (χ2v) is 8.33. The quantitative estimate of drug-likeness (QED) is 0.630. The summed E-state index contributed by atoms with van der Waals surface area (Å²) in [6, 6.07) is 4.92. The Morgan fingerprint density at radius 1 is 1.37 bits per heavy atom. The minimum Gasteiger partial charge on any atom is -0.496 e. The Bertz CT molecular complexity index is 664. The summed E-state index contributed by atoms with van der Waals surface area (Å²) >= 11 is 0. The van der Waals surface area contributed by atoms with E-state index in [-0.39, 0.29) is 18.0 Å². The number of benzene rings is 1. The summed E-state index contributed by atoms with van der Waals surface area (Å²) < 4.78 is 19.0. The highest BCUT2D eigenvalue weighted by atomic mass is 19.1. The number of aliphatic hydroxyl groups excluding tert-OH is 1. The van der Waals surface area contributed by atoms with Crippen LogP contribution in [0.25, 0.3) is 0 Å². The van der Waals surface area contributed by atoms with Gasteiger partial charge >= 0.3 is 0 Å². The number of hydrogen-bond donors (Lipinski definition) is 3. The number of piperidine rings is 1. The number of halogens is 1. The Kier molecular flexibility index (Phi) is 9.64. The number of hydroxylamine groups is 2. The molecule has 2 aliphatic heterocycles. The molecule has 30 heavy (non-hydrogen) atoms. The third-order valence-electron chi connectivity index (χ3n) is 6.07. The zero-order valence-electron chi connectivity index (χ0n) is 18.3. The van der Waals surface area contributed by atoms with E-state index in [2.05, 4.69) is 5.32 Å². The number of ether oxygens (including phenoxy) is 1. The molecule has 3 fully saturated rings. The van der Waals surface area contributed by atoms with Crippen molar-refractivity contribution in [2.45, 2.75) is 44.8 Å². The van der Waals surface area contributed by atoms with Gasteiger partial charge in [-0.2, -0.15) is 5.06 Å². The summed E-state index contributed by atoms with van der Waals surface area (Å²) in [4.78, 5) is 13.8. The molecular formula is C22H36FN3O4. The molecule has 2 atom stereocenters. The molecule has 2 saturated heterocycles. The molecule has 0 bridgehead atoms. The first kappa shape index (κ1) is 24.7. The highest BCUT2D eigenvalue weighted by molar-refractivity contribution is 5.44. The van der Waals surface area contributed by atoms with Crippen molar-refractivity contribution in [3.63, 3.8) is 0 Å². The van der Waals surface area contributed by atoms with Gasteiger partial charge in [0.1, 0.15) is 17.9 Å². The lowest BCUT2D eigenvalue weighted by atomic mass is 9.57. The average molecular weight is 426 g/mol. The molecule has 1 spiro atoms. The van der Waals surface area contributed by atoms with E-state index in [4.69, 9.17) is 20.1 Å². The summed E-state index contributed by atoms with van der Waals surface area (Å²) in [5.41, 5.74) is 6.88. The third-order valence-corrected chi connectivity index (χ3v) is 6.07. The minimum atomic E-state index is -0.355. The third kappa shape index (κ3) is 6.46. The Labute approximate surface area is 178 Å². The molecule has 4 rings (SSSR count). The van der Waals surface area contributed by atoms with Gasteiger partial charge in [0.25, 0.3) is 0 Å². The molecule has 0 radical (unpaired) electrons. The van der Waals surface area contributed by atoms with Gasteiger partial charge in [0, 0.05) is 37.8 Å². The molecule has 4 N–H and O–H groups in total. The van der Waals surface area contributed by atoms with Gasteiger partial charge in [-0.05, 0) is 56.1 Å². The van der Waals surface area contributed by atoms with Crippen molar-refractivity contribution in [3.05, 3.63) is 29.6 Å². The summed E-state index contributed by atoms with van der Waals surface area (Å²) in [5.74, 6) is 1.19. The molecule has 1 aromatic carbocycles. The second kappa shape index (κ2) is 11.7. The van der Waals surface area contributed by atoms with Crippen molar-refractivity contribution < 1.29 is 23.9 Å². The lowest BCUT2D eigenvalue weighted by Gasteiger charge is -2.54. The van der Waals surface area contributed by atoms with E-state index < -0.39 is 0 Å². The molecule has 0 unspecified atom stereocenters. The topological polar surface area (TPSA) is 97.0 Å². The van der Waals surface area contributed by atoms with E-state index >= 15 is 0 Å². The Morgan fingerprint density at radius 3 is 2.53 bits per heavy atom. The van der Waals surface area contributed by atoms with E-state index in [0.29, 0.717) is 30.0 Å². The zero-order chi connectivity index (χ0) is 22.1. The van der Waals surface area contributed by atoms with Crippen molar-refractivity contribution in [1.29, 1.82) is 0 Å². The molecule has 170 valence electrons. The SMILES string of the molecule is CC=O.CON1CC[C@H](O)[C@H](N)C1.COc1cccc(F)c1CC1CC2(CNC2)C1. The minimum absolute atomic E-state index is 0.128. The Balaban J connectivity index is 0.000000210. The van der Waals surface area contributed by atoms with E-state index in [1.165, 1.54) is 25.8 Å². The predicted molar refractivity (Wildman–Crippen MR) is 114 cm³/mol. The maximum absolute atomic E-state index is 13.8. The molecular weight excluding hydrogens is 389 g/mol. The Hall–Kier alpha value is -1.58. The number of aldehydes is 1. The first-order valence-electron chi connectivity index (χ1n) is 10.5. The monoisotopic (exact) mass is 425 g/mol. The van der Waals surface area contributed by atoms with Crippen LogP contribution in [-0.2, 0) is 16.1 Å². The van der Waals surface area contributed by atoms with Crippen molar-refractivity contribution in [1.82, 2.24) is 10.4 Å². The van der Waals surface area contributed by atoms with Gasteiger partial charge in [0.05, 0.1) is 20.3 Å². The van der Waals surface area contributed by atoms with Crippen LogP contribution in [0, 0.1) is 17.2 Å². The van der Waals surface area contributed by atoms with Gasteiger partial charge in [-0.1, -0.05) is 6.07 Å². The van der Waals surface area contributed by atoms with Gasteiger partial charge in [0.15, 0.2) is 0 Å². The van der Waals surface area contributed by atoms with E-state index in [9.17, 15) is 9.50 Å². The highest BCUT2D eigenvalue weighted by Gasteiger charge is 2.48. The number of nitrogens with one attached hydrogen (secondary N) is 1. The maximum Gasteiger partial charge on any atom is 0.130 e. The average Bonchev–Trinajstić information content (AvgIpc) is 2.67. The first-order chi connectivity index (χ1) is 14.4. The van der Waals surface area contributed by atoms with Gasteiger partial charge in [-0.15, -0.1) is 0 Å². The number of aliphatic hydroxyl groups is 1. The van der Waals surface area contributed by atoms with Crippen LogP contribution in [0.1, 0.15) is 31.7 Å².